The number of hydrogen-bond acceptors (Lipinski definition) is 7. The molecule has 2 aliphatic heterocycles. The molecule has 0 saturated carbocycles. The van der Waals surface area contributed by atoms with Gasteiger partial charge in [0.05, 0.1) is 19.3 Å². The minimum absolute atomic E-state index is 0.0606. The maximum Gasteiger partial charge on any atom is 0.173 e. The molecule has 0 bridgehead atoms. The highest BCUT2D eigenvalue weighted by atomic mass is 16.6. The van der Waals surface area contributed by atoms with Crippen molar-refractivity contribution in [3.63, 3.8) is 0 Å². The molecule has 2 saturated heterocycles. The molecule has 0 radical (unpaired) electrons. The van der Waals surface area contributed by atoms with E-state index in [1.165, 1.54) is 0 Å². The van der Waals surface area contributed by atoms with Gasteiger partial charge in [0.2, 0.25) is 0 Å². The maximum absolute atomic E-state index is 10.0. The van der Waals surface area contributed by atoms with E-state index >= 15 is 0 Å². The molecular formula is C10H20N2O5. The largest absolute Gasteiger partial charge is 0.388 e. The maximum atomic E-state index is 10.0. The van der Waals surface area contributed by atoms with Gasteiger partial charge in [-0.2, -0.15) is 0 Å². The van der Waals surface area contributed by atoms with E-state index in [9.17, 15) is 15.3 Å². The molecule has 2 rings (SSSR count). The lowest BCUT2D eigenvalue weighted by atomic mass is 9.95. The first-order chi connectivity index (χ1) is 8.15. The second-order valence-electron chi connectivity index (χ2n) is 4.42. The van der Waals surface area contributed by atoms with Crippen LogP contribution in [0.1, 0.15) is 0 Å². The topological polar surface area (TPSA) is 108 Å². The molecule has 100 valence electrons. The van der Waals surface area contributed by atoms with Crippen LogP contribution in [0.4, 0.5) is 0 Å². The minimum Gasteiger partial charge on any atom is -0.388 e. The summed E-state index contributed by atoms with van der Waals surface area (Å²) >= 11 is 0. The fraction of sp³-hybridized carbons (Fsp3) is 1.00. The van der Waals surface area contributed by atoms with Gasteiger partial charge in [-0.05, 0) is 0 Å². The summed E-state index contributed by atoms with van der Waals surface area (Å²) < 4.78 is 10.4. The Balaban J connectivity index is 2.05. The number of rotatable bonds is 2. The predicted molar refractivity (Wildman–Crippen MR) is 58.1 cm³/mol. The van der Waals surface area contributed by atoms with Crippen molar-refractivity contribution in [3.05, 3.63) is 0 Å². The summed E-state index contributed by atoms with van der Waals surface area (Å²) in [6.45, 7) is 2.36. The first-order valence-corrected chi connectivity index (χ1v) is 5.86. The summed E-state index contributed by atoms with van der Waals surface area (Å²) in [6, 6.07) is -0.628. The van der Waals surface area contributed by atoms with Crippen molar-refractivity contribution in [1.29, 1.82) is 0 Å². The Morgan fingerprint density at radius 3 is 2.35 bits per heavy atom. The van der Waals surface area contributed by atoms with Gasteiger partial charge in [0.15, 0.2) is 6.29 Å². The molecule has 0 aromatic carbocycles. The summed E-state index contributed by atoms with van der Waals surface area (Å²) in [4.78, 5) is 1.87. The Bertz CT molecular complexity index is 249. The standard InChI is InChI=1S/C10H20N2O5/c11-5-6-8(13)9(14)7(10(15)17-6)12-1-3-16-4-2-12/h6-10,13-15H,1-5,11H2/t6?,7-,8+,9-,10?/m1/s1. The number of hydrogen-bond donors (Lipinski definition) is 4. The summed E-state index contributed by atoms with van der Waals surface area (Å²) in [5, 5.41) is 29.7. The number of nitrogens with zero attached hydrogens (tertiary/aromatic N) is 1. The highest BCUT2D eigenvalue weighted by Crippen LogP contribution is 2.24. The van der Waals surface area contributed by atoms with E-state index in [1.807, 2.05) is 4.90 Å². The van der Waals surface area contributed by atoms with Crippen molar-refractivity contribution in [2.45, 2.75) is 30.6 Å². The molecule has 0 aromatic rings. The summed E-state index contributed by atoms with van der Waals surface area (Å²) in [5.74, 6) is 0. The Kier molecular flexibility index (Phi) is 4.31. The molecule has 2 unspecified atom stereocenters. The molecule has 0 aromatic heterocycles. The first-order valence-electron chi connectivity index (χ1n) is 5.86. The lowest BCUT2D eigenvalue weighted by Gasteiger charge is -2.46. The average molecular weight is 248 g/mol. The van der Waals surface area contributed by atoms with Crippen LogP contribution in [0.15, 0.2) is 0 Å². The molecule has 7 nitrogen and oxygen atoms in total. The molecule has 0 spiro atoms. The molecule has 5 atom stereocenters. The van der Waals surface area contributed by atoms with E-state index in [4.69, 9.17) is 15.2 Å². The van der Waals surface area contributed by atoms with Crippen molar-refractivity contribution in [2.75, 3.05) is 32.8 Å². The van der Waals surface area contributed by atoms with Crippen molar-refractivity contribution >= 4 is 0 Å². The number of ether oxygens (including phenoxy) is 2. The van der Waals surface area contributed by atoms with Crippen molar-refractivity contribution in [3.8, 4) is 0 Å². The van der Waals surface area contributed by atoms with Crippen LogP contribution in [-0.4, -0.2) is 83.7 Å². The highest BCUT2D eigenvalue weighted by molar-refractivity contribution is 4.94. The lowest BCUT2D eigenvalue weighted by Crippen LogP contribution is -2.65. The number of morpholine rings is 1. The molecule has 17 heavy (non-hydrogen) atoms. The molecule has 2 fully saturated rings. The normalized spacial score (nSPS) is 44.8. The quantitative estimate of drug-likeness (QED) is 0.415. The molecule has 7 heteroatoms. The van der Waals surface area contributed by atoms with Crippen molar-refractivity contribution in [2.24, 2.45) is 5.73 Å². The van der Waals surface area contributed by atoms with Gasteiger partial charge in [0.1, 0.15) is 18.3 Å². The van der Waals surface area contributed by atoms with Crippen LogP contribution in [0.5, 0.6) is 0 Å². The van der Waals surface area contributed by atoms with E-state index in [0.717, 1.165) is 0 Å². The Labute approximate surface area is 99.7 Å². The second-order valence-corrected chi connectivity index (χ2v) is 4.42. The van der Waals surface area contributed by atoms with E-state index in [0.29, 0.717) is 26.3 Å². The van der Waals surface area contributed by atoms with Gasteiger partial charge in [-0.3, -0.25) is 4.90 Å². The van der Waals surface area contributed by atoms with Gasteiger partial charge in [0, 0.05) is 19.6 Å². The van der Waals surface area contributed by atoms with E-state index in [1.54, 1.807) is 0 Å². The third kappa shape index (κ3) is 2.60. The fourth-order valence-corrected chi connectivity index (χ4v) is 2.40. The summed E-state index contributed by atoms with van der Waals surface area (Å²) in [7, 11) is 0. The third-order valence-corrected chi connectivity index (χ3v) is 3.39. The SMILES string of the molecule is NCC1OC(O)[C@H](N2CCOCC2)[C@@H](O)[C@H]1O. The number of nitrogens with two attached hydrogens (primary N) is 1. The van der Waals surface area contributed by atoms with Crippen molar-refractivity contribution in [1.82, 2.24) is 4.90 Å². The Morgan fingerprint density at radius 1 is 1.12 bits per heavy atom. The van der Waals surface area contributed by atoms with Crippen molar-refractivity contribution < 1.29 is 24.8 Å². The zero-order chi connectivity index (χ0) is 12.4. The van der Waals surface area contributed by atoms with E-state index in [-0.39, 0.29) is 6.54 Å². The molecule has 0 amide bonds. The Hall–Kier alpha value is -0.280. The summed E-state index contributed by atoms with van der Waals surface area (Å²) in [6.07, 6.45) is -4.00. The van der Waals surface area contributed by atoms with Gasteiger partial charge in [-0.15, -0.1) is 0 Å². The van der Waals surface area contributed by atoms with Gasteiger partial charge in [-0.1, -0.05) is 0 Å². The minimum atomic E-state index is -1.14. The van der Waals surface area contributed by atoms with Gasteiger partial charge >= 0.3 is 0 Å². The van der Waals surface area contributed by atoms with Crippen LogP contribution >= 0.6 is 0 Å². The molecule has 2 aliphatic rings. The van der Waals surface area contributed by atoms with Gasteiger partial charge < -0.3 is 30.5 Å². The fourth-order valence-electron chi connectivity index (χ4n) is 2.40. The van der Waals surface area contributed by atoms with E-state index < -0.39 is 30.6 Å². The average Bonchev–Trinajstić information content (AvgIpc) is 2.35. The van der Waals surface area contributed by atoms with Crippen LogP contribution in [0.25, 0.3) is 0 Å². The third-order valence-electron chi connectivity index (χ3n) is 3.39. The molecular weight excluding hydrogens is 228 g/mol. The van der Waals surface area contributed by atoms with Crippen LogP contribution in [0.2, 0.25) is 0 Å². The van der Waals surface area contributed by atoms with Crippen LogP contribution in [-0.2, 0) is 9.47 Å². The van der Waals surface area contributed by atoms with Crippen LogP contribution in [0, 0.1) is 0 Å². The van der Waals surface area contributed by atoms with E-state index in [2.05, 4.69) is 0 Å². The zero-order valence-electron chi connectivity index (χ0n) is 9.60. The van der Waals surface area contributed by atoms with Gasteiger partial charge in [-0.25, -0.2) is 0 Å². The van der Waals surface area contributed by atoms with Crippen LogP contribution in [0.3, 0.4) is 0 Å². The molecule has 2 heterocycles. The van der Waals surface area contributed by atoms with Gasteiger partial charge in [0.25, 0.3) is 0 Å². The molecule has 5 N–H and O–H groups in total. The monoisotopic (exact) mass is 248 g/mol. The number of aliphatic hydroxyl groups is 3. The molecule has 0 aliphatic carbocycles. The highest BCUT2D eigenvalue weighted by Gasteiger charge is 2.46. The summed E-state index contributed by atoms with van der Waals surface area (Å²) in [5.41, 5.74) is 5.40. The predicted octanol–water partition coefficient (Wildman–Crippen LogP) is -2.92. The lowest BCUT2D eigenvalue weighted by molar-refractivity contribution is -0.267. The number of aliphatic hydroxyl groups excluding tert-OH is 3. The first kappa shape index (κ1) is 13.2. The van der Waals surface area contributed by atoms with Crippen LogP contribution < -0.4 is 5.73 Å². The Morgan fingerprint density at radius 2 is 1.76 bits per heavy atom. The zero-order valence-corrected chi connectivity index (χ0v) is 9.60. The smallest absolute Gasteiger partial charge is 0.173 e. The second kappa shape index (κ2) is 5.57.